The number of nitrogens with one attached hydrogen (secondary N) is 1. The lowest BCUT2D eigenvalue weighted by Crippen LogP contribution is -2.39. The zero-order chi connectivity index (χ0) is 15.4. The van der Waals surface area contributed by atoms with E-state index in [0.717, 1.165) is 35.3 Å². The van der Waals surface area contributed by atoms with Crippen LogP contribution in [0.25, 0.3) is 0 Å². The highest BCUT2D eigenvalue weighted by Crippen LogP contribution is 2.26. The maximum atomic E-state index is 5.91. The number of halogens is 1. The quantitative estimate of drug-likeness (QED) is 0.892. The highest BCUT2D eigenvalue weighted by molar-refractivity contribution is 6.30. The van der Waals surface area contributed by atoms with Crippen molar-refractivity contribution in [3.8, 4) is 0 Å². The Morgan fingerprint density at radius 3 is 2.82 bits per heavy atom. The highest BCUT2D eigenvalue weighted by Gasteiger charge is 2.22. The molecule has 1 aliphatic rings. The van der Waals surface area contributed by atoms with E-state index in [4.69, 9.17) is 11.6 Å². The maximum Gasteiger partial charge on any atom is 0.135 e. The van der Waals surface area contributed by atoms with Gasteiger partial charge in [0.25, 0.3) is 0 Å². The van der Waals surface area contributed by atoms with Crippen molar-refractivity contribution in [1.29, 1.82) is 0 Å². The molecule has 22 heavy (non-hydrogen) atoms. The van der Waals surface area contributed by atoms with E-state index >= 15 is 0 Å². The molecule has 1 N–H and O–H groups in total. The van der Waals surface area contributed by atoms with Crippen molar-refractivity contribution in [3.05, 3.63) is 41.7 Å². The van der Waals surface area contributed by atoms with Crippen LogP contribution in [-0.4, -0.2) is 22.6 Å². The van der Waals surface area contributed by atoms with E-state index in [1.807, 2.05) is 30.3 Å². The predicted octanol–water partition coefficient (Wildman–Crippen LogP) is 4.64. The van der Waals surface area contributed by atoms with Crippen LogP contribution in [0, 0.1) is 0 Å². The second-order valence-corrected chi connectivity index (χ2v) is 6.08. The minimum atomic E-state index is 0.590. The first-order valence-electron chi connectivity index (χ1n) is 7.87. The van der Waals surface area contributed by atoms with Crippen molar-refractivity contribution < 1.29 is 0 Å². The molecular formula is C17H21ClN4. The van der Waals surface area contributed by atoms with Gasteiger partial charge in [-0.3, -0.25) is 0 Å². The number of benzene rings is 1. The average molecular weight is 317 g/mol. The van der Waals surface area contributed by atoms with Crippen LogP contribution in [0.15, 0.2) is 36.7 Å². The molecule has 2 heterocycles. The third kappa shape index (κ3) is 3.50. The van der Waals surface area contributed by atoms with Crippen LogP contribution >= 0.6 is 11.6 Å². The summed E-state index contributed by atoms with van der Waals surface area (Å²) in [5, 5.41) is 4.04. The third-order valence-corrected chi connectivity index (χ3v) is 4.41. The molecule has 0 radical (unpaired) electrons. The van der Waals surface area contributed by atoms with Gasteiger partial charge in [0.2, 0.25) is 0 Å². The van der Waals surface area contributed by atoms with Gasteiger partial charge in [0.05, 0.1) is 0 Å². The first-order chi connectivity index (χ1) is 10.8. The number of anilines is 3. The molecule has 1 unspecified atom stereocenters. The fourth-order valence-electron chi connectivity index (χ4n) is 2.98. The van der Waals surface area contributed by atoms with Crippen molar-refractivity contribution in [3.63, 3.8) is 0 Å². The van der Waals surface area contributed by atoms with Crippen molar-refractivity contribution in [2.75, 3.05) is 16.8 Å². The van der Waals surface area contributed by atoms with Crippen molar-refractivity contribution in [2.24, 2.45) is 0 Å². The van der Waals surface area contributed by atoms with Gasteiger partial charge >= 0.3 is 0 Å². The van der Waals surface area contributed by atoms with Crippen molar-refractivity contribution >= 4 is 28.9 Å². The fraction of sp³-hybridized carbons (Fsp3) is 0.412. The van der Waals surface area contributed by atoms with Gasteiger partial charge in [-0.2, -0.15) is 0 Å². The first kappa shape index (κ1) is 15.1. The summed E-state index contributed by atoms with van der Waals surface area (Å²) < 4.78 is 0. The van der Waals surface area contributed by atoms with Crippen LogP contribution in [0.5, 0.6) is 0 Å². The Morgan fingerprint density at radius 2 is 2.05 bits per heavy atom. The number of rotatable bonds is 4. The maximum absolute atomic E-state index is 5.91. The summed E-state index contributed by atoms with van der Waals surface area (Å²) in [6.45, 7) is 3.33. The van der Waals surface area contributed by atoms with Crippen LogP contribution in [0.1, 0.15) is 32.6 Å². The first-order valence-corrected chi connectivity index (χ1v) is 8.25. The molecule has 3 rings (SSSR count). The van der Waals surface area contributed by atoms with Crippen LogP contribution < -0.4 is 10.2 Å². The Hall–Kier alpha value is -1.81. The van der Waals surface area contributed by atoms with E-state index in [0.29, 0.717) is 6.04 Å². The lowest BCUT2D eigenvalue weighted by atomic mass is 10.0. The second kappa shape index (κ2) is 6.97. The molecule has 4 nitrogen and oxygen atoms in total. The molecule has 1 aromatic carbocycles. The summed E-state index contributed by atoms with van der Waals surface area (Å²) in [6.07, 6.45) is 6.59. The molecule has 2 aromatic rings. The van der Waals surface area contributed by atoms with Gasteiger partial charge in [0, 0.05) is 29.4 Å². The molecule has 1 fully saturated rings. The largest absolute Gasteiger partial charge is 0.353 e. The third-order valence-electron chi connectivity index (χ3n) is 4.16. The molecule has 1 atom stereocenters. The summed E-state index contributed by atoms with van der Waals surface area (Å²) in [5.41, 5.74) is 0.972. The molecule has 0 spiro atoms. The average Bonchev–Trinajstić information content (AvgIpc) is 2.57. The Morgan fingerprint density at radius 1 is 1.23 bits per heavy atom. The molecule has 116 valence electrons. The molecule has 0 amide bonds. The molecule has 0 aliphatic carbocycles. The Bertz CT molecular complexity index is 614. The Balaban J connectivity index is 1.78. The van der Waals surface area contributed by atoms with E-state index in [1.54, 1.807) is 6.33 Å². The lowest BCUT2D eigenvalue weighted by molar-refractivity contribution is 0.446. The number of nitrogens with zero attached hydrogens (tertiary/aromatic N) is 3. The van der Waals surface area contributed by atoms with Crippen molar-refractivity contribution in [2.45, 2.75) is 38.6 Å². The normalized spacial score (nSPS) is 18.3. The van der Waals surface area contributed by atoms with E-state index in [9.17, 15) is 0 Å². The number of hydrogen-bond acceptors (Lipinski definition) is 4. The van der Waals surface area contributed by atoms with Crippen LogP contribution in [0.4, 0.5) is 17.3 Å². The van der Waals surface area contributed by atoms with Gasteiger partial charge in [-0.15, -0.1) is 0 Å². The number of aromatic nitrogens is 2. The standard InChI is InChI=1S/C17H21ClN4/c1-2-15-5-3-4-10-22(15)17-11-16(19-12-20-17)21-14-8-6-13(18)7-9-14/h6-9,11-12,15H,2-5,10H2,1H3,(H,19,20,21). The van der Waals surface area contributed by atoms with Crippen molar-refractivity contribution in [1.82, 2.24) is 9.97 Å². The fourth-order valence-corrected chi connectivity index (χ4v) is 3.11. The van der Waals surface area contributed by atoms with Gasteiger partial charge in [-0.05, 0) is 49.9 Å². The van der Waals surface area contributed by atoms with Crippen LogP contribution in [0.3, 0.4) is 0 Å². The Labute approximate surface area is 136 Å². The van der Waals surface area contributed by atoms with E-state index in [-0.39, 0.29) is 0 Å². The summed E-state index contributed by atoms with van der Waals surface area (Å²) in [4.78, 5) is 11.2. The monoisotopic (exact) mass is 316 g/mol. The minimum absolute atomic E-state index is 0.590. The predicted molar refractivity (Wildman–Crippen MR) is 92.0 cm³/mol. The smallest absolute Gasteiger partial charge is 0.135 e. The summed E-state index contributed by atoms with van der Waals surface area (Å²) in [6, 6.07) is 10.2. The topological polar surface area (TPSA) is 41.0 Å². The molecular weight excluding hydrogens is 296 g/mol. The molecule has 1 saturated heterocycles. The van der Waals surface area contributed by atoms with Crippen LogP contribution in [0.2, 0.25) is 5.02 Å². The molecule has 0 saturated carbocycles. The number of piperidine rings is 1. The summed E-state index contributed by atoms with van der Waals surface area (Å²) in [7, 11) is 0. The van der Waals surface area contributed by atoms with Gasteiger partial charge in [-0.1, -0.05) is 18.5 Å². The summed E-state index contributed by atoms with van der Waals surface area (Å²) in [5.74, 6) is 1.82. The van der Waals surface area contributed by atoms with Gasteiger partial charge in [0.15, 0.2) is 0 Å². The molecule has 5 heteroatoms. The second-order valence-electron chi connectivity index (χ2n) is 5.64. The van der Waals surface area contributed by atoms with Crippen LogP contribution in [-0.2, 0) is 0 Å². The molecule has 1 aliphatic heterocycles. The van der Waals surface area contributed by atoms with Gasteiger partial charge in [-0.25, -0.2) is 9.97 Å². The highest BCUT2D eigenvalue weighted by atomic mass is 35.5. The SMILES string of the molecule is CCC1CCCCN1c1cc(Nc2ccc(Cl)cc2)ncn1. The van der Waals surface area contributed by atoms with Gasteiger partial charge in [0.1, 0.15) is 18.0 Å². The Kier molecular flexibility index (Phi) is 4.78. The lowest BCUT2D eigenvalue weighted by Gasteiger charge is -2.36. The van der Waals surface area contributed by atoms with E-state index in [1.165, 1.54) is 19.3 Å². The minimum Gasteiger partial charge on any atom is -0.353 e. The molecule has 1 aromatic heterocycles. The van der Waals surface area contributed by atoms with Gasteiger partial charge < -0.3 is 10.2 Å². The van der Waals surface area contributed by atoms with E-state index < -0.39 is 0 Å². The number of hydrogen-bond donors (Lipinski definition) is 1. The van der Waals surface area contributed by atoms with E-state index in [2.05, 4.69) is 27.1 Å². The zero-order valence-electron chi connectivity index (χ0n) is 12.8. The molecule has 0 bridgehead atoms. The zero-order valence-corrected chi connectivity index (χ0v) is 13.6. The summed E-state index contributed by atoms with van der Waals surface area (Å²) >= 11 is 5.91.